The van der Waals surface area contributed by atoms with E-state index in [1.54, 1.807) is 18.4 Å². The SMILES string of the molecule is CCOc1ccc(NC(C)c2sccc2C)cc1OC. The van der Waals surface area contributed by atoms with Gasteiger partial charge in [0.1, 0.15) is 0 Å². The molecule has 2 aromatic rings. The van der Waals surface area contributed by atoms with Gasteiger partial charge >= 0.3 is 0 Å². The van der Waals surface area contributed by atoms with Crippen molar-refractivity contribution in [1.29, 1.82) is 0 Å². The van der Waals surface area contributed by atoms with Gasteiger partial charge in [0.25, 0.3) is 0 Å². The van der Waals surface area contributed by atoms with Gasteiger partial charge in [-0.05, 0) is 49.9 Å². The predicted molar refractivity (Wildman–Crippen MR) is 85.3 cm³/mol. The first-order valence-electron chi connectivity index (χ1n) is 6.77. The van der Waals surface area contributed by atoms with Crippen LogP contribution >= 0.6 is 11.3 Å². The van der Waals surface area contributed by atoms with E-state index in [4.69, 9.17) is 9.47 Å². The molecule has 0 aliphatic carbocycles. The van der Waals surface area contributed by atoms with Crippen LogP contribution in [0.4, 0.5) is 5.69 Å². The van der Waals surface area contributed by atoms with Gasteiger partial charge in [-0.1, -0.05) is 0 Å². The second kappa shape index (κ2) is 6.66. The molecule has 0 aliphatic heterocycles. The summed E-state index contributed by atoms with van der Waals surface area (Å²) in [6.45, 7) is 6.91. The fourth-order valence-corrected chi connectivity index (χ4v) is 3.11. The van der Waals surface area contributed by atoms with E-state index in [0.717, 1.165) is 17.2 Å². The summed E-state index contributed by atoms with van der Waals surface area (Å²) in [7, 11) is 1.66. The Morgan fingerprint density at radius 3 is 2.65 bits per heavy atom. The summed E-state index contributed by atoms with van der Waals surface area (Å²) in [5, 5.41) is 5.63. The number of rotatable bonds is 6. The number of hydrogen-bond acceptors (Lipinski definition) is 4. The third-order valence-corrected chi connectivity index (χ3v) is 4.34. The molecular formula is C16H21NO2S. The minimum absolute atomic E-state index is 0.276. The minimum Gasteiger partial charge on any atom is -0.493 e. The molecule has 0 fully saturated rings. The Hall–Kier alpha value is -1.68. The number of aryl methyl sites for hydroxylation is 1. The largest absolute Gasteiger partial charge is 0.493 e. The van der Waals surface area contributed by atoms with Gasteiger partial charge in [-0.15, -0.1) is 11.3 Å². The summed E-state index contributed by atoms with van der Waals surface area (Å²) >= 11 is 1.78. The average molecular weight is 291 g/mol. The zero-order valence-corrected chi connectivity index (χ0v) is 13.2. The first kappa shape index (κ1) is 14.7. The molecule has 2 rings (SSSR count). The summed E-state index contributed by atoms with van der Waals surface area (Å²) < 4.78 is 10.9. The molecule has 3 nitrogen and oxygen atoms in total. The van der Waals surface area contributed by atoms with E-state index < -0.39 is 0 Å². The Morgan fingerprint density at radius 1 is 1.25 bits per heavy atom. The number of nitrogens with one attached hydrogen (secondary N) is 1. The zero-order valence-electron chi connectivity index (χ0n) is 12.4. The first-order valence-corrected chi connectivity index (χ1v) is 7.65. The molecule has 0 spiro atoms. The van der Waals surface area contributed by atoms with E-state index in [2.05, 4.69) is 30.6 Å². The Balaban J connectivity index is 2.15. The van der Waals surface area contributed by atoms with Crippen LogP contribution in [0.2, 0.25) is 0 Å². The summed E-state index contributed by atoms with van der Waals surface area (Å²) in [5.74, 6) is 1.53. The average Bonchev–Trinajstić information content (AvgIpc) is 2.87. The van der Waals surface area contributed by atoms with Gasteiger partial charge in [0.15, 0.2) is 11.5 Å². The van der Waals surface area contributed by atoms with E-state index >= 15 is 0 Å². The van der Waals surface area contributed by atoms with Crippen LogP contribution in [-0.4, -0.2) is 13.7 Å². The van der Waals surface area contributed by atoms with Crippen LogP contribution in [0.3, 0.4) is 0 Å². The molecule has 1 aromatic carbocycles. The lowest BCUT2D eigenvalue weighted by Gasteiger charge is -2.17. The molecule has 0 saturated carbocycles. The Kier molecular flexibility index (Phi) is 4.90. The van der Waals surface area contributed by atoms with Gasteiger partial charge in [-0.3, -0.25) is 0 Å². The fraction of sp³-hybridized carbons (Fsp3) is 0.375. The van der Waals surface area contributed by atoms with Gasteiger partial charge in [-0.2, -0.15) is 0 Å². The number of hydrogen-bond donors (Lipinski definition) is 1. The highest BCUT2D eigenvalue weighted by atomic mass is 32.1. The number of methoxy groups -OCH3 is 1. The number of ether oxygens (including phenoxy) is 2. The van der Waals surface area contributed by atoms with E-state index in [9.17, 15) is 0 Å². The van der Waals surface area contributed by atoms with Crippen LogP contribution in [0, 0.1) is 6.92 Å². The fourth-order valence-electron chi connectivity index (χ4n) is 2.18. The van der Waals surface area contributed by atoms with Gasteiger partial charge in [-0.25, -0.2) is 0 Å². The van der Waals surface area contributed by atoms with Gasteiger partial charge in [0, 0.05) is 16.6 Å². The van der Waals surface area contributed by atoms with Crippen molar-refractivity contribution in [3.8, 4) is 11.5 Å². The lowest BCUT2D eigenvalue weighted by atomic mass is 10.2. The predicted octanol–water partition coefficient (Wildman–Crippen LogP) is 4.64. The molecule has 1 aromatic heterocycles. The summed E-state index contributed by atoms with van der Waals surface area (Å²) in [6.07, 6.45) is 0. The monoisotopic (exact) mass is 291 g/mol. The van der Waals surface area contributed by atoms with Crippen molar-refractivity contribution in [3.05, 3.63) is 40.1 Å². The van der Waals surface area contributed by atoms with Crippen LogP contribution in [-0.2, 0) is 0 Å². The molecule has 0 bridgehead atoms. The number of thiophene rings is 1. The maximum absolute atomic E-state index is 5.53. The second-order valence-electron chi connectivity index (χ2n) is 4.63. The maximum Gasteiger partial charge on any atom is 0.162 e. The molecule has 1 unspecified atom stereocenters. The van der Waals surface area contributed by atoms with Crippen molar-refractivity contribution in [3.63, 3.8) is 0 Å². The van der Waals surface area contributed by atoms with Crippen molar-refractivity contribution >= 4 is 17.0 Å². The lowest BCUT2D eigenvalue weighted by molar-refractivity contribution is 0.311. The molecule has 0 aliphatic rings. The molecular weight excluding hydrogens is 270 g/mol. The smallest absolute Gasteiger partial charge is 0.162 e. The summed E-state index contributed by atoms with van der Waals surface area (Å²) in [4.78, 5) is 1.36. The van der Waals surface area contributed by atoms with Crippen molar-refractivity contribution in [2.75, 3.05) is 19.0 Å². The Labute approximate surface area is 124 Å². The molecule has 1 atom stereocenters. The highest BCUT2D eigenvalue weighted by molar-refractivity contribution is 7.10. The molecule has 4 heteroatoms. The van der Waals surface area contributed by atoms with Gasteiger partial charge in [0.05, 0.1) is 19.8 Å². The molecule has 0 saturated heterocycles. The van der Waals surface area contributed by atoms with Crippen molar-refractivity contribution in [2.45, 2.75) is 26.8 Å². The van der Waals surface area contributed by atoms with Crippen molar-refractivity contribution in [2.24, 2.45) is 0 Å². The normalized spacial score (nSPS) is 12.0. The third kappa shape index (κ3) is 3.25. The molecule has 1 N–H and O–H groups in total. The van der Waals surface area contributed by atoms with E-state index in [-0.39, 0.29) is 6.04 Å². The van der Waals surface area contributed by atoms with Gasteiger partial charge in [0.2, 0.25) is 0 Å². The second-order valence-corrected chi connectivity index (χ2v) is 5.58. The molecule has 0 amide bonds. The van der Waals surface area contributed by atoms with Crippen molar-refractivity contribution < 1.29 is 9.47 Å². The zero-order chi connectivity index (χ0) is 14.5. The molecule has 20 heavy (non-hydrogen) atoms. The molecule has 108 valence electrons. The topological polar surface area (TPSA) is 30.5 Å². The van der Waals surface area contributed by atoms with E-state index in [1.807, 2.05) is 25.1 Å². The summed E-state index contributed by atoms with van der Waals surface area (Å²) in [5.41, 5.74) is 2.36. The number of benzene rings is 1. The maximum atomic E-state index is 5.53. The van der Waals surface area contributed by atoms with E-state index in [0.29, 0.717) is 6.61 Å². The standard InChI is InChI=1S/C16H21NO2S/c1-5-19-14-7-6-13(10-15(14)18-4)17-12(3)16-11(2)8-9-20-16/h6-10,12,17H,5H2,1-4H3. The first-order chi connectivity index (χ1) is 9.65. The Morgan fingerprint density at radius 2 is 2.05 bits per heavy atom. The van der Waals surface area contributed by atoms with Crippen LogP contribution in [0.25, 0.3) is 0 Å². The Bertz CT molecular complexity index is 565. The quantitative estimate of drug-likeness (QED) is 0.841. The van der Waals surface area contributed by atoms with Crippen LogP contribution in [0.5, 0.6) is 11.5 Å². The van der Waals surface area contributed by atoms with Crippen LogP contribution in [0.15, 0.2) is 29.6 Å². The molecule has 1 heterocycles. The summed E-state index contributed by atoms with van der Waals surface area (Å²) in [6, 6.07) is 8.37. The van der Waals surface area contributed by atoms with Crippen molar-refractivity contribution in [1.82, 2.24) is 0 Å². The molecule has 0 radical (unpaired) electrons. The van der Waals surface area contributed by atoms with Gasteiger partial charge < -0.3 is 14.8 Å². The van der Waals surface area contributed by atoms with Crippen LogP contribution in [0.1, 0.15) is 30.3 Å². The minimum atomic E-state index is 0.276. The number of anilines is 1. The highest BCUT2D eigenvalue weighted by Gasteiger charge is 2.11. The van der Waals surface area contributed by atoms with Crippen LogP contribution < -0.4 is 14.8 Å². The third-order valence-electron chi connectivity index (χ3n) is 3.14. The van der Waals surface area contributed by atoms with E-state index in [1.165, 1.54) is 10.4 Å². The highest BCUT2D eigenvalue weighted by Crippen LogP contribution is 2.33. The lowest BCUT2D eigenvalue weighted by Crippen LogP contribution is -2.06.